The molecule has 0 aromatic heterocycles. The number of hydrogen-bond acceptors (Lipinski definition) is 6. The number of rotatable bonds is 12. The van der Waals surface area contributed by atoms with E-state index in [-0.39, 0.29) is 30.4 Å². The molecule has 3 amide bonds. The van der Waals surface area contributed by atoms with E-state index in [9.17, 15) is 19.5 Å². The van der Waals surface area contributed by atoms with Crippen LogP contribution in [0.2, 0.25) is 0 Å². The van der Waals surface area contributed by atoms with Crippen LogP contribution in [0, 0.1) is 11.8 Å². The molecule has 0 aliphatic carbocycles. The van der Waals surface area contributed by atoms with E-state index in [1.54, 1.807) is 24.3 Å². The van der Waals surface area contributed by atoms with E-state index in [1.807, 2.05) is 51.1 Å². The summed E-state index contributed by atoms with van der Waals surface area (Å²) in [6.07, 6.45) is 3.09. The number of nitrogens with one attached hydrogen (secondary N) is 2. The van der Waals surface area contributed by atoms with E-state index in [1.165, 1.54) is 4.90 Å². The van der Waals surface area contributed by atoms with Gasteiger partial charge in [0.1, 0.15) is 17.4 Å². The Morgan fingerprint density at radius 2 is 1.81 bits per heavy atom. The number of hydrogen-bond donors (Lipinski definition) is 3. The van der Waals surface area contributed by atoms with Crippen molar-refractivity contribution in [2.75, 3.05) is 18.5 Å². The average molecular weight is 578 g/mol. The molecule has 0 saturated carbocycles. The highest BCUT2D eigenvalue weighted by Crippen LogP contribution is 2.63. The van der Waals surface area contributed by atoms with Crippen LogP contribution in [0.5, 0.6) is 5.75 Å². The summed E-state index contributed by atoms with van der Waals surface area (Å²) in [6, 6.07) is 15.0. The Morgan fingerprint density at radius 3 is 2.45 bits per heavy atom. The number of anilines is 1. The van der Waals surface area contributed by atoms with Crippen molar-refractivity contribution >= 4 is 23.4 Å². The van der Waals surface area contributed by atoms with Crippen LogP contribution in [0.25, 0.3) is 0 Å². The Hall–Kier alpha value is -3.43. The molecule has 9 heteroatoms. The predicted molar refractivity (Wildman–Crippen MR) is 159 cm³/mol. The molecule has 3 heterocycles. The van der Waals surface area contributed by atoms with Gasteiger partial charge >= 0.3 is 0 Å². The lowest BCUT2D eigenvalue weighted by molar-refractivity contribution is -0.149. The van der Waals surface area contributed by atoms with Gasteiger partial charge in [-0.15, -0.1) is 0 Å². The van der Waals surface area contributed by atoms with Crippen molar-refractivity contribution in [3.8, 4) is 5.75 Å². The number of benzene rings is 2. The third kappa shape index (κ3) is 5.28. The molecule has 0 radical (unpaired) electrons. The molecule has 3 N–H and O–H groups in total. The van der Waals surface area contributed by atoms with E-state index in [2.05, 4.69) is 17.6 Å². The van der Waals surface area contributed by atoms with E-state index >= 15 is 0 Å². The second kappa shape index (κ2) is 12.1. The molecule has 3 unspecified atom stereocenters. The fraction of sp³-hybridized carbons (Fsp3) is 0.545. The topological polar surface area (TPSA) is 117 Å². The quantitative estimate of drug-likeness (QED) is 0.354. The van der Waals surface area contributed by atoms with Crippen molar-refractivity contribution in [3.63, 3.8) is 0 Å². The molecule has 2 bridgehead atoms. The number of amides is 3. The molecule has 3 aliphatic heterocycles. The first-order valence-electron chi connectivity index (χ1n) is 15.2. The van der Waals surface area contributed by atoms with E-state index in [0.29, 0.717) is 37.3 Å². The van der Waals surface area contributed by atoms with Gasteiger partial charge in [-0.25, -0.2) is 0 Å². The monoisotopic (exact) mass is 577 g/mol. The second-order valence-corrected chi connectivity index (χ2v) is 12.1. The molecule has 3 fully saturated rings. The van der Waals surface area contributed by atoms with Gasteiger partial charge in [0, 0.05) is 11.7 Å². The standard InChI is InChI=1S/C33H43N3O6/c1-5-10-21(3)34-30(39)28-33-18-17-32(4,42-33)26(29(38)35-23-13-15-25(16-14-23)41-6-2)27(33)31(40)36(28)24(20-37)19-22-11-8-7-9-12-22/h7-9,11-16,21,24,26-28,37H,5-6,10,17-20H2,1-4H3,(H,34,39)(H,35,38)/t21?,24-,26+,27+,28?,32-,33?/m1/s1. The molecule has 3 saturated heterocycles. The third-order valence-corrected chi connectivity index (χ3v) is 9.21. The molecule has 2 aromatic carbocycles. The molecular weight excluding hydrogens is 534 g/mol. The summed E-state index contributed by atoms with van der Waals surface area (Å²) in [5.41, 5.74) is -0.526. The zero-order valence-electron chi connectivity index (χ0n) is 25.0. The summed E-state index contributed by atoms with van der Waals surface area (Å²) in [6.45, 7) is 8.01. The van der Waals surface area contributed by atoms with Crippen LogP contribution < -0.4 is 15.4 Å². The molecule has 5 rings (SSSR count). The Bertz CT molecular complexity index is 1290. The number of carbonyl (C=O) groups is 3. The van der Waals surface area contributed by atoms with Crippen molar-refractivity contribution in [1.82, 2.24) is 10.2 Å². The first-order valence-corrected chi connectivity index (χ1v) is 15.2. The minimum absolute atomic E-state index is 0.0930. The van der Waals surface area contributed by atoms with Crippen LogP contribution in [0.4, 0.5) is 5.69 Å². The van der Waals surface area contributed by atoms with Gasteiger partial charge in [0.2, 0.25) is 17.7 Å². The minimum Gasteiger partial charge on any atom is -0.494 e. The highest BCUT2D eigenvalue weighted by atomic mass is 16.5. The molecular formula is C33H43N3O6. The molecule has 1 spiro atoms. The first-order chi connectivity index (χ1) is 20.2. The normalized spacial score (nSPS) is 29.2. The highest BCUT2D eigenvalue weighted by Gasteiger charge is 2.78. The Morgan fingerprint density at radius 1 is 1.10 bits per heavy atom. The van der Waals surface area contributed by atoms with Crippen molar-refractivity contribution in [2.45, 2.75) is 89.1 Å². The smallest absolute Gasteiger partial charge is 0.246 e. The predicted octanol–water partition coefficient (Wildman–Crippen LogP) is 3.70. The molecule has 2 aromatic rings. The third-order valence-electron chi connectivity index (χ3n) is 9.21. The van der Waals surface area contributed by atoms with Crippen LogP contribution in [0.1, 0.15) is 58.9 Å². The van der Waals surface area contributed by atoms with E-state index in [4.69, 9.17) is 9.47 Å². The lowest BCUT2D eigenvalue weighted by atomic mass is 9.66. The van der Waals surface area contributed by atoms with Crippen LogP contribution in [-0.2, 0) is 25.5 Å². The fourth-order valence-electron chi connectivity index (χ4n) is 7.44. The number of aliphatic hydroxyl groups excluding tert-OH is 1. The van der Waals surface area contributed by atoms with Gasteiger partial charge in [0.05, 0.1) is 36.7 Å². The summed E-state index contributed by atoms with van der Waals surface area (Å²) < 4.78 is 12.2. The zero-order valence-corrected chi connectivity index (χ0v) is 25.0. The molecule has 7 atom stereocenters. The highest BCUT2D eigenvalue weighted by molar-refractivity contribution is 6.02. The maximum absolute atomic E-state index is 14.5. The lowest BCUT2D eigenvalue weighted by Gasteiger charge is -2.37. The summed E-state index contributed by atoms with van der Waals surface area (Å²) in [4.78, 5) is 44.0. The van der Waals surface area contributed by atoms with Crippen molar-refractivity contribution in [1.29, 1.82) is 0 Å². The van der Waals surface area contributed by atoms with Gasteiger partial charge in [-0.3, -0.25) is 14.4 Å². The lowest BCUT2D eigenvalue weighted by Crippen LogP contribution is -2.59. The van der Waals surface area contributed by atoms with Crippen molar-refractivity contribution in [3.05, 3.63) is 60.2 Å². The minimum atomic E-state index is -1.16. The largest absolute Gasteiger partial charge is 0.494 e. The second-order valence-electron chi connectivity index (χ2n) is 12.1. The fourth-order valence-corrected chi connectivity index (χ4v) is 7.44. The molecule has 9 nitrogen and oxygen atoms in total. The summed E-state index contributed by atoms with van der Waals surface area (Å²) in [7, 11) is 0. The number of carbonyl (C=O) groups excluding carboxylic acids is 3. The SMILES string of the molecule is CCCC(C)NC(=O)C1N([C@@H](CO)Cc2ccccc2)C(=O)[C@@H]2[C@@H](C(=O)Nc3ccc(OCC)cc3)[C@@]3(C)CCC12O3. The molecule has 3 aliphatic rings. The number of ether oxygens (including phenoxy) is 2. The van der Waals surface area contributed by atoms with Gasteiger partial charge in [-0.1, -0.05) is 43.7 Å². The van der Waals surface area contributed by atoms with Crippen LogP contribution in [0.3, 0.4) is 0 Å². The van der Waals surface area contributed by atoms with Gasteiger partial charge < -0.3 is 30.1 Å². The first kappa shape index (κ1) is 30.0. The summed E-state index contributed by atoms with van der Waals surface area (Å²) in [5, 5.41) is 16.7. The summed E-state index contributed by atoms with van der Waals surface area (Å²) in [5.74, 6) is -1.87. The van der Waals surface area contributed by atoms with Crippen LogP contribution >= 0.6 is 0 Å². The van der Waals surface area contributed by atoms with Gasteiger partial charge in [-0.05, 0) is 76.3 Å². The maximum Gasteiger partial charge on any atom is 0.246 e. The van der Waals surface area contributed by atoms with Crippen molar-refractivity contribution in [2.24, 2.45) is 11.8 Å². The number of aliphatic hydroxyl groups is 1. The number of nitrogens with zero attached hydrogens (tertiary/aromatic N) is 1. The van der Waals surface area contributed by atoms with E-state index in [0.717, 1.165) is 18.4 Å². The van der Waals surface area contributed by atoms with Crippen LogP contribution in [0.15, 0.2) is 54.6 Å². The van der Waals surface area contributed by atoms with Gasteiger partial charge in [0.15, 0.2) is 0 Å². The van der Waals surface area contributed by atoms with Crippen LogP contribution in [-0.4, -0.2) is 70.3 Å². The number of likely N-dealkylation sites (tertiary alicyclic amines) is 1. The van der Waals surface area contributed by atoms with Gasteiger partial charge in [-0.2, -0.15) is 0 Å². The Labute approximate surface area is 248 Å². The molecule has 42 heavy (non-hydrogen) atoms. The number of fused-ring (bicyclic) bond motifs is 1. The molecule has 226 valence electrons. The Kier molecular flexibility index (Phi) is 8.62. The zero-order chi connectivity index (χ0) is 30.1. The Balaban J connectivity index is 1.49. The summed E-state index contributed by atoms with van der Waals surface area (Å²) >= 11 is 0. The average Bonchev–Trinajstić information content (AvgIpc) is 3.54. The van der Waals surface area contributed by atoms with E-state index < -0.39 is 35.1 Å². The van der Waals surface area contributed by atoms with Gasteiger partial charge in [0.25, 0.3) is 0 Å². The maximum atomic E-state index is 14.5. The van der Waals surface area contributed by atoms with Crippen molar-refractivity contribution < 1.29 is 29.0 Å².